The second-order valence-electron chi connectivity index (χ2n) is 9.37. The average molecular weight is 542 g/mol. The Hall–Kier alpha value is -3.33. The van der Waals surface area contributed by atoms with Crippen molar-refractivity contribution < 1.29 is 22.4 Å². The molecular weight excluding hydrogens is 515 g/mol. The number of hydrogen-bond acceptors (Lipinski definition) is 5. The number of ether oxygens (including phenoxy) is 1. The minimum Gasteiger partial charge on any atom is -0.489 e. The number of hydrogen-bond donors (Lipinski definition) is 0. The minimum atomic E-state index is -4.30. The van der Waals surface area contributed by atoms with Gasteiger partial charge in [-0.3, -0.25) is 9.80 Å². The Labute approximate surface area is 224 Å². The molecule has 1 fully saturated rings. The lowest BCUT2D eigenvalue weighted by Gasteiger charge is -2.34. The molecule has 38 heavy (non-hydrogen) atoms. The third kappa shape index (κ3) is 6.95. The Morgan fingerprint density at radius 2 is 1.50 bits per heavy atom. The van der Waals surface area contributed by atoms with Crippen molar-refractivity contribution in [1.82, 2.24) is 15.0 Å². The molecule has 5 nitrogen and oxygen atoms in total. The van der Waals surface area contributed by atoms with Crippen LogP contribution in [0.3, 0.4) is 0 Å². The van der Waals surface area contributed by atoms with Crippen molar-refractivity contribution in [2.24, 2.45) is 0 Å². The molecule has 1 aromatic heterocycles. The molecule has 0 saturated carbocycles. The summed E-state index contributed by atoms with van der Waals surface area (Å²) in [6, 6.07) is 22.6. The van der Waals surface area contributed by atoms with Gasteiger partial charge in [-0.1, -0.05) is 41.0 Å². The van der Waals surface area contributed by atoms with Gasteiger partial charge in [-0.05, 0) is 59.7 Å². The fourth-order valence-electron chi connectivity index (χ4n) is 4.42. The normalized spacial score (nSPS) is 15.1. The predicted molar refractivity (Wildman–Crippen MR) is 140 cm³/mol. The van der Waals surface area contributed by atoms with E-state index in [-0.39, 0.29) is 0 Å². The zero-order valence-electron chi connectivity index (χ0n) is 20.6. The average Bonchev–Trinajstić information content (AvgIpc) is 3.37. The zero-order valence-corrected chi connectivity index (χ0v) is 21.4. The van der Waals surface area contributed by atoms with E-state index in [4.69, 9.17) is 20.9 Å². The van der Waals surface area contributed by atoms with E-state index < -0.39 is 11.7 Å². The summed E-state index contributed by atoms with van der Waals surface area (Å²) in [6.45, 7) is 5.12. The summed E-state index contributed by atoms with van der Waals surface area (Å²) >= 11 is 6.02. The molecule has 1 aliphatic rings. The molecule has 198 valence electrons. The van der Waals surface area contributed by atoms with E-state index in [1.807, 2.05) is 54.6 Å². The molecule has 5 rings (SSSR count). The summed E-state index contributed by atoms with van der Waals surface area (Å²) in [4.78, 5) is 4.56. The van der Waals surface area contributed by atoms with Crippen LogP contribution >= 0.6 is 11.6 Å². The van der Waals surface area contributed by atoms with Gasteiger partial charge >= 0.3 is 6.18 Å². The van der Waals surface area contributed by atoms with Crippen LogP contribution in [0, 0.1) is 0 Å². The molecule has 0 amide bonds. The van der Waals surface area contributed by atoms with Gasteiger partial charge in [-0.25, -0.2) is 0 Å². The van der Waals surface area contributed by atoms with Crippen LogP contribution in [-0.4, -0.2) is 41.1 Å². The lowest BCUT2D eigenvalue weighted by Crippen LogP contribution is -2.45. The largest absolute Gasteiger partial charge is 0.489 e. The molecule has 9 heteroatoms. The second-order valence-corrected chi connectivity index (χ2v) is 9.81. The van der Waals surface area contributed by atoms with E-state index in [9.17, 15) is 13.2 Å². The predicted octanol–water partition coefficient (Wildman–Crippen LogP) is 6.91. The zero-order chi connectivity index (χ0) is 26.5. The molecule has 0 unspecified atom stereocenters. The maximum Gasteiger partial charge on any atom is 0.416 e. The van der Waals surface area contributed by atoms with Gasteiger partial charge in [-0.2, -0.15) is 13.2 Å². The first kappa shape index (κ1) is 26.3. The maximum atomic E-state index is 12.8. The van der Waals surface area contributed by atoms with E-state index in [1.54, 1.807) is 12.1 Å². The van der Waals surface area contributed by atoms with Gasteiger partial charge in [0.1, 0.15) is 12.4 Å². The van der Waals surface area contributed by atoms with Gasteiger partial charge in [0, 0.05) is 55.9 Å². The number of rotatable bonds is 8. The van der Waals surface area contributed by atoms with Gasteiger partial charge in [0.25, 0.3) is 0 Å². The first-order valence-electron chi connectivity index (χ1n) is 12.4. The summed E-state index contributed by atoms with van der Waals surface area (Å²) in [5.41, 5.74) is 3.05. The van der Waals surface area contributed by atoms with Crippen molar-refractivity contribution in [2.45, 2.75) is 25.9 Å². The Bertz CT molecular complexity index is 1330. The molecule has 0 atom stereocenters. The fraction of sp³-hybridized carbons (Fsp3) is 0.276. The van der Waals surface area contributed by atoms with Crippen LogP contribution in [0.15, 0.2) is 83.4 Å². The quantitative estimate of drug-likeness (QED) is 0.242. The third-order valence-electron chi connectivity index (χ3n) is 6.53. The first-order chi connectivity index (χ1) is 18.3. The van der Waals surface area contributed by atoms with E-state index in [2.05, 4.69) is 15.0 Å². The Balaban J connectivity index is 1.09. The van der Waals surface area contributed by atoms with Crippen molar-refractivity contribution in [3.8, 4) is 17.1 Å². The van der Waals surface area contributed by atoms with Crippen molar-refractivity contribution in [3.05, 3.63) is 106 Å². The number of aromatic nitrogens is 1. The van der Waals surface area contributed by atoms with Gasteiger partial charge in [-0.15, -0.1) is 0 Å². The highest BCUT2D eigenvalue weighted by molar-refractivity contribution is 6.30. The Morgan fingerprint density at radius 3 is 2.16 bits per heavy atom. The van der Waals surface area contributed by atoms with Gasteiger partial charge in [0.2, 0.25) is 0 Å². The second kappa shape index (κ2) is 11.6. The molecule has 0 N–H and O–H groups in total. The molecule has 0 bridgehead atoms. The third-order valence-corrected chi connectivity index (χ3v) is 6.77. The monoisotopic (exact) mass is 541 g/mol. The molecule has 4 aromatic rings. The molecule has 2 heterocycles. The smallest absolute Gasteiger partial charge is 0.416 e. The molecule has 0 radical (unpaired) electrons. The number of halogens is 4. The molecule has 1 aliphatic heterocycles. The summed E-state index contributed by atoms with van der Waals surface area (Å²) in [6.07, 6.45) is -4.30. The highest BCUT2D eigenvalue weighted by atomic mass is 35.5. The van der Waals surface area contributed by atoms with Crippen LogP contribution in [0.4, 0.5) is 13.2 Å². The summed E-state index contributed by atoms with van der Waals surface area (Å²) < 4.78 is 49.7. The van der Waals surface area contributed by atoms with Gasteiger partial charge < -0.3 is 9.26 Å². The van der Waals surface area contributed by atoms with E-state index in [0.717, 1.165) is 66.4 Å². The standard InChI is InChI=1S/C29H27ClF3N3O2/c30-25-3-1-2-22(16-25)20-37-27-10-6-23(7-11-27)28-17-26(34-38-28)19-36-14-12-35(13-15-36)18-21-4-8-24(9-5-21)29(31,32)33/h1-11,16-17H,12-15,18-20H2. The lowest BCUT2D eigenvalue weighted by molar-refractivity contribution is -0.137. The minimum absolute atomic E-state index is 0.434. The number of nitrogens with zero attached hydrogens (tertiary/aromatic N) is 3. The van der Waals surface area contributed by atoms with Crippen LogP contribution in [-0.2, 0) is 25.9 Å². The topological polar surface area (TPSA) is 41.7 Å². The Kier molecular flexibility index (Phi) is 8.02. The van der Waals surface area contributed by atoms with Crippen LogP contribution in [0.2, 0.25) is 5.02 Å². The van der Waals surface area contributed by atoms with E-state index in [1.165, 1.54) is 0 Å². The molecular formula is C29H27ClF3N3O2. The van der Waals surface area contributed by atoms with Gasteiger partial charge in [0.05, 0.1) is 11.3 Å². The number of benzene rings is 3. The molecule has 1 saturated heterocycles. The van der Waals surface area contributed by atoms with Gasteiger partial charge in [0.15, 0.2) is 5.76 Å². The molecule has 0 spiro atoms. The summed E-state index contributed by atoms with van der Waals surface area (Å²) in [5, 5.41) is 4.93. The lowest BCUT2D eigenvalue weighted by atomic mass is 10.1. The fourth-order valence-corrected chi connectivity index (χ4v) is 4.64. The van der Waals surface area contributed by atoms with Crippen molar-refractivity contribution in [3.63, 3.8) is 0 Å². The van der Waals surface area contributed by atoms with Crippen molar-refractivity contribution in [1.29, 1.82) is 0 Å². The van der Waals surface area contributed by atoms with Crippen LogP contribution in [0.1, 0.15) is 22.4 Å². The SMILES string of the molecule is FC(F)(F)c1ccc(CN2CCN(Cc3cc(-c4ccc(OCc5cccc(Cl)c5)cc4)on3)CC2)cc1. The van der Waals surface area contributed by atoms with Crippen molar-refractivity contribution >= 4 is 11.6 Å². The number of piperazine rings is 1. The highest BCUT2D eigenvalue weighted by Gasteiger charge is 2.30. The molecule has 3 aromatic carbocycles. The van der Waals surface area contributed by atoms with Crippen LogP contribution < -0.4 is 4.74 Å². The molecule has 0 aliphatic carbocycles. The number of alkyl halides is 3. The maximum absolute atomic E-state index is 12.8. The Morgan fingerprint density at radius 1 is 0.816 bits per heavy atom. The highest BCUT2D eigenvalue weighted by Crippen LogP contribution is 2.29. The first-order valence-corrected chi connectivity index (χ1v) is 12.7. The summed E-state index contributed by atoms with van der Waals surface area (Å²) in [7, 11) is 0. The van der Waals surface area contributed by atoms with Crippen LogP contribution in [0.5, 0.6) is 5.75 Å². The van der Waals surface area contributed by atoms with E-state index >= 15 is 0 Å². The van der Waals surface area contributed by atoms with Crippen LogP contribution in [0.25, 0.3) is 11.3 Å². The van der Waals surface area contributed by atoms with E-state index in [0.29, 0.717) is 30.5 Å². The summed E-state index contributed by atoms with van der Waals surface area (Å²) in [5.74, 6) is 1.45. The van der Waals surface area contributed by atoms with Crippen molar-refractivity contribution in [2.75, 3.05) is 26.2 Å².